The Bertz CT molecular complexity index is 731. The summed E-state index contributed by atoms with van der Waals surface area (Å²) in [6, 6.07) is 4.78. The van der Waals surface area contributed by atoms with Crippen LogP contribution in [-0.4, -0.2) is 60.3 Å². The predicted octanol–water partition coefficient (Wildman–Crippen LogP) is 1.08. The number of rotatable bonds is 4. The van der Waals surface area contributed by atoms with Crippen LogP contribution in [0.5, 0.6) is 0 Å². The summed E-state index contributed by atoms with van der Waals surface area (Å²) >= 11 is 0. The van der Waals surface area contributed by atoms with Crippen LogP contribution in [0.3, 0.4) is 0 Å². The fourth-order valence-corrected chi connectivity index (χ4v) is 5.52. The van der Waals surface area contributed by atoms with Gasteiger partial charge in [0.25, 0.3) is 0 Å². The highest BCUT2D eigenvalue weighted by molar-refractivity contribution is 7.89. The highest BCUT2D eigenvalue weighted by Gasteiger charge is 2.54. The lowest BCUT2D eigenvalue weighted by Crippen LogP contribution is -2.52. The Balaban J connectivity index is 1.93. The van der Waals surface area contributed by atoms with Gasteiger partial charge in [-0.25, -0.2) is 13.2 Å². The number of methoxy groups -OCH3 is 1. The van der Waals surface area contributed by atoms with Crippen molar-refractivity contribution in [2.45, 2.75) is 48.3 Å². The predicted molar refractivity (Wildman–Crippen MR) is 85.3 cm³/mol. The number of aliphatic hydroxyl groups excluding tert-OH is 1. The summed E-state index contributed by atoms with van der Waals surface area (Å²) in [5.41, 5.74) is -0.512. The second-order valence-corrected chi connectivity index (χ2v) is 8.30. The summed E-state index contributed by atoms with van der Waals surface area (Å²) in [6.45, 7) is 0.328. The van der Waals surface area contributed by atoms with E-state index in [0.717, 1.165) is 0 Å². The van der Waals surface area contributed by atoms with Gasteiger partial charge in [0.1, 0.15) is 0 Å². The first-order valence-electron chi connectivity index (χ1n) is 7.88. The molecule has 2 N–H and O–H groups in total. The van der Waals surface area contributed by atoms with E-state index in [1.165, 1.54) is 28.6 Å². The number of benzene rings is 1. The summed E-state index contributed by atoms with van der Waals surface area (Å²) in [5.74, 6) is -1.10. The Morgan fingerprint density at radius 1 is 1.29 bits per heavy atom. The molecular weight excluding hydrogens is 334 g/mol. The minimum atomic E-state index is -3.77. The van der Waals surface area contributed by atoms with Gasteiger partial charge in [0, 0.05) is 13.7 Å². The van der Waals surface area contributed by atoms with Crippen molar-refractivity contribution in [3.63, 3.8) is 0 Å². The molecule has 3 atom stereocenters. The number of nitrogens with zero attached hydrogens (tertiary/aromatic N) is 1. The molecule has 0 radical (unpaired) electrons. The lowest BCUT2D eigenvalue weighted by atomic mass is 9.79. The molecule has 2 fully saturated rings. The number of sulfonamides is 1. The van der Waals surface area contributed by atoms with Crippen molar-refractivity contribution in [1.82, 2.24) is 4.31 Å². The average molecular weight is 355 g/mol. The van der Waals surface area contributed by atoms with Gasteiger partial charge in [0.15, 0.2) is 0 Å². The van der Waals surface area contributed by atoms with Gasteiger partial charge in [0.05, 0.1) is 28.2 Å². The topological polar surface area (TPSA) is 104 Å². The second-order valence-electron chi connectivity index (χ2n) is 6.41. The molecule has 3 rings (SSSR count). The maximum Gasteiger partial charge on any atom is 0.335 e. The zero-order valence-corrected chi connectivity index (χ0v) is 14.2. The van der Waals surface area contributed by atoms with Crippen molar-refractivity contribution >= 4 is 16.0 Å². The highest BCUT2D eigenvalue weighted by Crippen LogP contribution is 2.44. The van der Waals surface area contributed by atoms with Crippen LogP contribution in [0.1, 0.15) is 36.0 Å². The lowest BCUT2D eigenvalue weighted by molar-refractivity contribution is -0.0775. The van der Waals surface area contributed by atoms with Gasteiger partial charge in [-0.1, -0.05) is 0 Å². The Hall–Kier alpha value is -1.48. The van der Waals surface area contributed by atoms with E-state index < -0.39 is 33.7 Å². The van der Waals surface area contributed by atoms with Crippen molar-refractivity contribution in [2.75, 3.05) is 13.7 Å². The number of fused-ring (bicyclic) bond motifs is 1. The molecule has 1 aromatic carbocycles. The Labute approximate surface area is 140 Å². The van der Waals surface area contributed by atoms with Gasteiger partial charge >= 0.3 is 5.97 Å². The average Bonchev–Trinajstić information content (AvgIpc) is 2.95. The molecule has 1 heterocycles. The first kappa shape index (κ1) is 17.3. The van der Waals surface area contributed by atoms with Crippen molar-refractivity contribution in [3.8, 4) is 0 Å². The van der Waals surface area contributed by atoms with E-state index >= 15 is 0 Å². The summed E-state index contributed by atoms with van der Waals surface area (Å²) in [7, 11) is -2.19. The van der Waals surface area contributed by atoms with E-state index in [1.54, 1.807) is 7.11 Å². The van der Waals surface area contributed by atoms with Gasteiger partial charge in [-0.3, -0.25) is 0 Å². The normalized spacial score (nSPS) is 30.9. The minimum absolute atomic E-state index is 0.0368. The molecule has 1 saturated carbocycles. The SMILES string of the molecule is CO[C@]12CC[C@@H](O)C[C@H]1N(S(=O)(=O)c1ccc(C(=O)O)cc1)CC2. The maximum absolute atomic E-state index is 13.0. The third-order valence-corrected chi connectivity index (χ3v) is 7.14. The van der Waals surface area contributed by atoms with E-state index in [0.29, 0.717) is 32.2 Å². The van der Waals surface area contributed by atoms with Crippen LogP contribution in [0.4, 0.5) is 0 Å². The molecule has 1 aromatic rings. The van der Waals surface area contributed by atoms with E-state index in [-0.39, 0.29) is 10.5 Å². The molecular formula is C16H21NO6S. The van der Waals surface area contributed by atoms with Gasteiger partial charge in [-0.2, -0.15) is 4.31 Å². The van der Waals surface area contributed by atoms with Gasteiger partial charge in [-0.15, -0.1) is 0 Å². The molecule has 0 amide bonds. The van der Waals surface area contributed by atoms with Crippen LogP contribution in [-0.2, 0) is 14.8 Å². The fraction of sp³-hybridized carbons (Fsp3) is 0.562. The van der Waals surface area contributed by atoms with E-state index in [1.807, 2.05) is 0 Å². The molecule has 0 spiro atoms. The van der Waals surface area contributed by atoms with Crippen molar-refractivity contribution in [1.29, 1.82) is 0 Å². The van der Waals surface area contributed by atoms with E-state index in [9.17, 15) is 18.3 Å². The number of hydrogen-bond donors (Lipinski definition) is 2. The maximum atomic E-state index is 13.0. The van der Waals surface area contributed by atoms with Crippen LogP contribution in [0.2, 0.25) is 0 Å². The first-order valence-corrected chi connectivity index (χ1v) is 9.32. The van der Waals surface area contributed by atoms with Crippen LogP contribution in [0, 0.1) is 0 Å². The summed E-state index contributed by atoms with van der Waals surface area (Å²) in [5, 5.41) is 18.9. The molecule has 0 unspecified atom stereocenters. The van der Waals surface area contributed by atoms with E-state index in [4.69, 9.17) is 9.84 Å². The Morgan fingerprint density at radius 2 is 1.96 bits per heavy atom. The fourth-order valence-electron chi connectivity index (χ4n) is 3.83. The van der Waals surface area contributed by atoms with Gasteiger partial charge in [-0.05, 0) is 49.9 Å². The third kappa shape index (κ3) is 2.73. The molecule has 0 bridgehead atoms. The number of hydrogen-bond acceptors (Lipinski definition) is 5. The molecule has 132 valence electrons. The quantitative estimate of drug-likeness (QED) is 0.837. The Kier molecular flexibility index (Phi) is 4.41. The molecule has 1 aliphatic heterocycles. The summed E-state index contributed by atoms with van der Waals surface area (Å²) in [4.78, 5) is 11.0. The lowest BCUT2D eigenvalue weighted by Gasteiger charge is -2.42. The molecule has 7 nitrogen and oxygen atoms in total. The third-order valence-electron chi connectivity index (χ3n) is 5.22. The molecule has 24 heavy (non-hydrogen) atoms. The zero-order valence-electron chi connectivity index (χ0n) is 13.4. The van der Waals surface area contributed by atoms with Crippen molar-refractivity contribution in [2.24, 2.45) is 0 Å². The van der Waals surface area contributed by atoms with Crippen molar-refractivity contribution in [3.05, 3.63) is 29.8 Å². The van der Waals surface area contributed by atoms with Crippen LogP contribution >= 0.6 is 0 Å². The Morgan fingerprint density at radius 3 is 2.54 bits per heavy atom. The number of carboxylic acids is 1. The molecule has 8 heteroatoms. The standard InChI is InChI=1S/C16H21NO6S/c1-23-16-7-6-12(18)10-14(16)17(9-8-16)24(21,22)13-4-2-11(3-5-13)15(19)20/h2-5,12,14,18H,6-10H2,1H3,(H,19,20)/t12-,14-,16+/m1/s1. The number of aliphatic hydroxyl groups is 1. The van der Waals surface area contributed by atoms with E-state index in [2.05, 4.69) is 0 Å². The summed E-state index contributed by atoms with van der Waals surface area (Å²) in [6.07, 6.45) is 1.63. The molecule has 1 saturated heterocycles. The first-order chi connectivity index (χ1) is 11.3. The van der Waals surface area contributed by atoms with Crippen LogP contribution < -0.4 is 0 Å². The minimum Gasteiger partial charge on any atom is -0.478 e. The van der Waals surface area contributed by atoms with Gasteiger partial charge in [0.2, 0.25) is 10.0 Å². The number of carboxylic acid groups (broad SMARTS) is 1. The number of ether oxygens (including phenoxy) is 1. The van der Waals surface area contributed by atoms with Gasteiger partial charge < -0.3 is 14.9 Å². The van der Waals surface area contributed by atoms with Crippen LogP contribution in [0.15, 0.2) is 29.2 Å². The molecule has 1 aliphatic carbocycles. The molecule has 0 aromatic heterocycles. The monoisotopic (exact) mass is 355 g/mol. The summed E-state index contributed by atoms with van der Waals surface area (Å²) < 4.78 is 33.0. The second kappa shape index (κ2) is 6.11. The molecule has 2 aliphatic rings. The number of carbonyl (C=O) groups is 1. The zero-order chi connectivity index (χ0) is 17.5. The smallest absolute Gasteiger partial charge is 0.335 e. The highest BCUT2D eigenvalue weighted by atomic mass is 32.2. The largest absolute Gasteiger partial charge is 0.478 e. The van der Waals surface area contributed by atoms with Crippen molar-refractivity contribution < 1.29 is 28.2 Å². The number of aromatic carboxylic acids is 1. The van der Waals surface area contributed by atoms with Crippen LogP contribution in [0.25, 0.3) is 0 Å².